The Bertz CT molecular complexity index is 1170. The molecule has 33 heavy (non-hydrogen) atoms. The number of anilines is 1. The van der Waals surface area contributed by atoms with Crippen LogP contribution in [0.3, 0.4) is 0 Å². The van der Waals surface area contributed by atoms with Gasteiger partial charge in [0.05, 0.1) is 23.8 Å². The number of amides is 3. The zero-order valence-corrected chi connectivity index (χ0v) is 18.5. The SMILES string of the molecule is O=C1Nc2ccc(-c3ccc4c(c3)OCO4)cc2C(=O)N2CCN(C(=O)[C@H]3CSCN3)C[C@H]12. The van der Waals surface area contributed by atoms with Crippen LogP contribution in [0.15, 0.2) is 36.4 Å². The molecular weight excluding hydrogens is 444 g/mol. The Morgan fingerprint density at radius 1 is 1.03 bits per heavy atom. The highest BCUT2D eigenvalue weighted by atomic mass is 32.2. The summed E-state index contributed by atoms with van der Waals surface area (Å²) in [5.41, 5.74) is 2.65. The first-order chi connectivity index (χ1) is 16.1. The molecule has 0 unspecified atom stereocenters. The number of carbonyl (C=O) groups is 3. The van der Waals surface area contributed by atoms with Gasteiger partial charge in [-0.25, -0.2) is 0 Å². The van der Waals surface area contributed by atoms with Gasteiger partial charge in [-0.15, -0.1) is 11.8 Å². The van der Waals surface area contributed by atoms with Crippen molar-refractivity contribution in [2.45, 2.75) is 12.1 Å². The molecule has 2 aromatic rings. The van der Waals surface area contributed by atoms with Gasteiger partial charge in [-0.05, 0) is 35.4 Å². The van der Waals surface area contributed by atoms with E-state index < -0.39 is 6.04 Å². The van der Waals surface area contributed by atoms with E-state index in [0.717, 1.165) is 22.8 Å². The number of nitrogens with zero attached hydrogens (tertiary/aromatic N) is 2. The fraction of sp³-hybridized carbons (Fsp3) is 0.348. The molecule has 4 aliphatic rings. The summed E-state index contributed by atoms with van der Waals surface area (Å²) in [4.78, 5) is 42.7. The molecule has 2 fully saturated rings. The first-order valence-corrected chi connectivity index (χ1v) is 12.0. The number of rotatable bonds is 2. The van der Waals surface area contributed by atoms with Crippen molar-refractivity contribution in [3.63, 3.8) is 0 Å². The van der Waals surface area contributed by atoms with Gasteiger partial charge in [0.1, 0.15) is 6.04 Å². The van der Waals surface area contributed by atoms with E-state index in [0.29, 0.717) is 35.8 Å². The Hall–Kier alpha value is -3.24. The Balaban J connectivity index is 1.28. The zero-order valence-electron chi connectivity index (χ0n) is 17.7. The molecule has 3 amide bonds. The maximum Gasteiger partial charge on any atom is 0.256 e. The van der Waals surface area contributed by atoms with E-state index in [4.69, 9.17) is 9.47 Å². The predicted molar refractivity (Wildman–Crippen MR) is 122 cm³/mol. The van der Waals surface area contributed by atoms with E-state index in [9.17, 15) is 14.4 Å². The normalized spacial score (nSPS) is 23.6. The van der Waals surface area contributed by atoms with Gasteiger partial charge < -0.3 is 24.6 Å². The van der Waals surface area contributed by atoms with Crippen molar-refractivity contribution in [2.75, 3.05) is 43.4 Å². The second-order valence-electron chi connectivity index (χ2n) is 8.39. The third-order valence-corrected chi connectivity index (χ3v) is 7.42. The summed E-state index contributed by atoms with van der Waals surface area (Å²) in [6.45, 7) is 1.12. The van der Waals surface area contributed by atoms with Crippen molar-refractivity contribution in [3.05, 3.63) is 42.0 Å². The predicted octanol–water partition coefficient (Wildman–Crippen LogP) is 1.35. The molecule has 9 nitrogen and oxygen atoms in total. The van der Waals surface area contributed by atoms with Crippen molar-refractivity contribution in [2.24, 2.45) is 0 Å². The monoisotopic (exact) mass is 466 g/mol. The third-order valence-electron chi connectivity index (χ3n) is 6.48. The average Bonchev–Trinajstić information content (AvgIpc) is 3.53. The minimum Gasteiger partial charge on any atom is -0.454 e. The molecule has 2 N–H and O–H groups in total. The number of thioether (sulfide) groups is 1. The lowest BCUT2D eigenvalue weighted by Crippen LogP contribution is -2.61. The van der Waals surface area contributed by atoms with Crippen LogP contribution in [0.1, 0.15) is 10.4 Å². The fourth-order valence-corrected chi connectivity index (χ4v) is 5.61. The molecule has 0 bridgehead atoms. The van der Waals surface area contributed by atoms with Gasteiger partial charge in [-0.3, -0.25) is 19.7 Å². The van der Waals surface area contributed by atoms with Crippen LogP contribution in [-0.4, -0.2) is 77.7 Å². The standard InChI is InChI=1S/C23H22N4O5S/c28-21-18-9-26(23(30)17-10-33-11-24-17)5-6-27(18)22(29)15-7-13(1-3-16(15)25-21)14-2-4-19-20(8-14)32-12-31-19/h1-4,7-8,17-18,24H,5-6,9-12H2,(H,25,28)/t17-,18-/m1/s1. The van der Waals surface area contributed by atoms with Crippen LogP contribution in [0.4, 0.5) is 5.69 Å². The zero-order chi connectivity index (χ0) is 22.5. The van der Waals surface area contributed by atoms with E-state index in [1.165, 1.54) is 0 Å². The molecule has 10 heteroatoms. The summed E-state index contributed by atoms with van der Waals surface area (Å²) in [6.07, 6.45) is 0. The first kappa shape index (κ1) is 20.4. The number of hydrogen-bond acceptors (Lipinski definition) is 7. The molecule has 2 saturated heterocycles. The van der Waals surface area contributed by atoms with E-state index in [1.54, 1.807) is 33.7 Å². The highest BCUT2D eigenvalue weighted by molar-refractivity contribution is 7.99. The Morgan fingerprint density at radius 3 is 2.70 bits per heavy atom. The fourth-order valence-electron chi connectivity index (χ4n) is 4.68. The van der Waals surface area contributed by atoms with Crippen molar-refractivity contribution < 1.29 is 23.9 Å². The maximum atomic E-state index is 13.5. The highest BCUT2D eigenvalue weighted by Crippen LogP contribution is 2.37. The van der Waals surface area contributed by atoms with Gasteiger partial charge in [0.2, 0.25) is 18.6 Å². The van der Waals surface area contributed by atoms with Crippen LogP contribution < -0.4 is 20.1 Å². The van der Waals surface area contributed by atoms with Crippen LogP contribution >= 0.6 is 11.8 Å². The van der Waals surface area contributed by atoms with Crippen LogP contribution in [0.25, 0.3) is 11.1 Å². The molecule has 6 rings (SSSR count). The summed E-state index contributed by atoms with van der Waals surface area (Å²) in [6, 6.07) is 10.1. The maximum absolute atomic E-state index is 13.5. The second kappa shape index (κ2) is 7.96. The van der Waals surface area contributed by atoms with Gasteiger partial charge >= 0.3 is 0 Å². The number of benzene rings is 2. The number of piperazine rings is 1. The minimum atomic E-state index is -0.717. The van der Waals surface area contributed by atoms with Gasteiger partial charge in [-0.1, -0.05) is 12.1 Å². The van der Waals surface area contributed by atoms with Crippen molar-refractivity contribution >= 4 is 35.2 Å². The highest BCUT2D eigenvalue weighted by Gasteiger charge is 2.41. The lowest BCUT2D eigenvalue weighted by atomic mass is 10.0. The van der Waals surface area contributed by atoms with Crippen LogP contribution in [0, 0.1) is 0 Å². The molecule has 4 aliphatic heterocycles. The lowest BCUT2D eigenvalue weighted by molar-refractivity contribution is -0.137. The van der Waals surface area contributed by atoms with Gasteiger partial charge in [0.25, 0.3) is 5.91 Å². The molecule has 4 heterocycles. The van der Waals surface area contributed by atoms with Crippen LogP contribution in [0.2, 0.25) is 0 Å². The molecule has 170 valence electrons. The molecule has 0 radical (unpaired) electrons. The number of nitrogens with one attached hydrogen (secondary N) is 2. The number of ether oxygens (including phenoxy) is 2. The van der Waals surface area contributed by atoms with Gasteiger partial charge in [0.15, 0.2) is 11.5 Å². The lowest BCUT2D eigenvalue weighted by Gasteiger charge is -2.40. The van der Waals surface area contributed by atoms with Gasteiger partial charge in [-0.2, -0.15) is 0 Å². The average molecular weight is 467 g/mol. The van der Waals surface area contributed by atoms with E-state index in [2.05, 4.69) is 10.6 Å². The quantitative estimate of drug-likeness (QED) is 0.689. The number of fused-ring (bicyclic) bond motifs is 3. The number of hydrogen-bond donors (Lipinski definition) is 2. The Kier molecular flexibility index (Phi) is 4.92. The van der Waals surface area contributed by atoms with Crippen molar-refractivity contribution in [1.82, 2.24) is 15.1 Å². The molecule has 2 aromatic carbocycles. The van der Waals surface area contributed by atoms with E-state index >= 15 is 0 Å². The summed E-state index contributed by atoms with van der Waals surface area (Å²) in [7, 11) is 0. The Morgan fingerprint density at radius 2 is 1.85 bits per heavy atom. The minimum absolute atomic E-state index is 0.00763. The smallest absolute Gasteiger partial charge is 0.256 e. The molecule has 0 saturated carbocycles. The topological polar surface area (TPSA) is 100 Å². The van der Waals surface area contributed by atoms with Gasteiger partial charge in [0, 0.05) is 24.7 Å². The van der Waals surface area contributed by atoms with E-state index in [-0.39, 0.29) is 37.1 Å². The summed E-state index contributed by atoms with van der Waals surface area (Å²) in [5, 5.41) is 6.08. The van der Waals surface area contributed by atoms with Crippen LogP contribution in [-0.2, 0) is 9.59 Å². The largest absolute Gasteiger partial charge is 0.454 e. The second-order valence-corrected chi connectivity index (χ2v) is 9.42. The third kappa shape index (κ3) is 3.50. The van der Waals surface area contributed by atoms with E-state index in [1.807, 2.05) is 24.3 Å². The number of carbonyl (C=O) groups excluding carboxylic acids is 3. The van der Waals surface area contributed by atoms with Crippen LogP contribution in [0.5, 0.6) is 11.5 Å². The molecule has 2 atom stereocenters. The van der Waals surface area contributed by atoms with Crippen molar-refractivity contribution in [3.8, 4) is 22.6 Å². The molecule has 0 aliphatic carbocycles. The summed E-state index contributed by atoms with van der Waals surface area (Å²) >= 11 is 1.68. The summed E-state index contributed by atoms with van der Waals surface area (Å²) < 4.78 is 10.9. The molecule has 0 spiro atoms. The summed E-state index contributed by atoms with van der Waals surface area (Å²) in [5.74, 6) is 2.34. The molecule has 0 aromatic heterocycles. The van der Waals surface area contributed by atoms with Crippen molar-refractivity contribution in [1.29, 1.82) is 0 Å². The first-order valence-electron chi connectivity index (χ1n) is 10.8. The Labute approximate surface area is 194 Å². The molecular formula is C23H22N4O5S.